The molecule has 0 amide bonds. The highest BCUT2D eigenvalue weighted by atomic mass is 16.6. The second-order valence-corrected chi connectivity index (χ2v) is 4.79. The van der Waals surface area contributed by atoms with Gasteiger partial charge in [0.15, 0.2) is 0 Å². The highest BCUT2D eigenvalue weighted by Crippen LogP contribution is 2.37. The van der Waals surface area contributed by atoms with Gasteiger partial charge in [0.05, 0.1) is 11.1 Å². The average Bonchev–Trinajstić information content (AvgIpc) is 2.62. The summed E-state index contributed by atoms with van der Waals surface area (Å²) in [7, 11) is 1.69. The highest BCUT2D eigenvalue weighted by molar-refractivity contribution is 5.70. The fraction of sp³-hybridized carbons (Fsp3) is 0.0625. The van der Waals surface area contributed by atoms with Gasteiger partial charge in [-0.1, -0.05) is 18.2 Å². The topological polar surface area (TPSA) is 94.3 Å². The van der Waals surface area contributed by atoms with E-state index in [1.54, 1.807) is 30.3 Å². The molecule has 0 fully saturated rings. The molecular weight excluding hydrogens is 310 g/mol. The normalized spacial score (nSPS) is 10.2. The molecular formula is C16H13N5O3. The van der Waals surface area contributed by atoms with E-state index in [0.717, 1.165) is 5.69 Å². The van der Waals surface area contributed by atoms with E-state index in [4.69, 9.17) is 4.74 Å². The predicted octanol–water partition coefficient (Wildman–Crippen LogP) is 3.34. The first-order chi connectivity index (χ1) is 11.7. The maximum atomic E-state index is 11.6. The molecule has 0 aliphatic heterocycles. The van der Waals surface area contributed by atoms with Crippen LogP contribution in [0.4, 0.5) is 17.2 Å². The van der Waals surface area contributed by atoms with Crippen LogP contribution in [0.25, 0.3) is 0 Å². The van der Waals surface area contributed by atoms with Gasteiger partial charge in [-0.3, -0.25) is 15.1 Å². The smallest absolute Gasteiger partial charge is 0.373 e. The van der Waals surface area contributed by atoms with Crippen LogP contribution in [0, 0.1) is 10.1 Å². The van der Waals surface area contributed by atoms with Gasteiger partial charge in [-0.25, -0.2) is 4.98 Å². The zero-order valence-corrected chi connectivity index (χ0v) is 12.7. The SMILES string of the molecule is CN(c1ccccc1)c1ncnc(Oc2cccnc2)c1[N+](=O)[O-]. The lowest BCUT2D eigenvalue weighted by Crippen LogP contribution is -2.14. The van der Waals surface area contributed by atoms with Crippen LogP contribution in [0.15, 0.2) is 61.2 Å². The van der Waals surface area contributed by atoms with E-state index in [-0.39, 0.29) is 17.4 Å². The van der Waals surface area contributed by atoms with Crippen molar-refractivity contribution in [2.45, 2.75) is 0 Å². The van der Waals surface area contributed by atoms with Crippen molar-refractivity contribution in [1.29, 1.82) is 0 Å². The number of ether oxygens (including phenoxy) is 1. The van der Waals surface area contributed by atoms with Crippen LogP contribution in [0.1, 0.15) is 0 Å². The predicted molar refractivity (Wildman–Crippen MR) is 87.5 cm³/mol. The van der Waals surface area contributed by atoms with Crippen molar-refractivity contribution in [2.75, 3.05) is 11.9 Å². The second-order valence-electron chi connectivity index (χ2n) is 4.79. The summed E-state index contributed by atoms with van der Waals surface area (Å²) in [6.45, 7) is 0. The third kappa shape index (κ3) is 3.12. The number of pyridine rings is 1. The van der Waals surface area contributed by atoms with Crippen LogP contribution in [-0.4, -0.2) is 26.9 Å². The first-order valence-corrected chi connectivity index (χ1v) is 7.03. The van der Waals surface area contributed by atoms with E-state index in [0.29, 0.717) is 5.75 Å². The summed E-state index contributed by atoms with van der Waals surface area (Å²) in [6, 6.07) is 12.5. The average molecular weight is 323 g/mol. The Morgan fingerprint density at radius 3 is 2.58 bits per heavy atom. The Hall–Kier alpha value is -3.55. The molecule has 8 heteroatoms. The van der Waals surface area contributed by atoms with Gasteiger partial charge in [-0.05, 0) is 24.3 Å². The molecule has 3 aromatic rings. The van der Waals surface area contributed by atoms with Gasteiger partial charge in [-0.2, -0.15) is 4.98 Å². The molecule has 0 aliphatic rings. The van der Waals surface area contributed by atoms with Gasteiger partial charge < -0.3 is 9.64 Å². The summed E-state index contributed by atoms with van der Waals surface area (Å²) in [5.74, 6) is 0.355. The van der Waals surface area contributed by atoms with Crippen molar-refractivity contribution in [1.82, 2.24) is 15.0 Å². The molecule has 120 valence electrons. The zero-order valence-electron chi connectivity index (χ0n) is 12.7. The molecule has 0 aliphatic carbocycles. The molecule has 0 unspecified atom stereocenters. The summed E-state index contributed by atoms with van der Waals surface area (Å²) in [6.07, 6.45) is 4.26. The molecule has 0 saturated heterocycles. The highest BCUT2D eigenvalue weighted by Gasteiger charge is 2.28. The molecule has 2 aromatic heterocycles. The number of hydrogen-bond donors (Lipinski definition) is 0. The van der Waals surface area contributed by atoms with Crippen LogP contribution in [0.2, 0.25) is 0 Å². The largest absolute Gasteiger partial charge is 0.432 e. The summed E-state index contributed by atoms with van der Waals surface area (Å²) in [5, 5.41) is 11.6. The number of rotatable bonds is 5. The van der Waals surface area contributed by atoms with E-state index in [2.05, 4.69) is 15.0 Å². The molecule has 0 atom stereocenters. The van der Waals surface area contributed by atoms with E-state index in [1.165, 1.54) is 12.5 Å². The molecule has 0 N–H and O–H groups in total. The lowest BCUT2D eigenvalue weighted by molar-refractivity contribution is -0.385. The Labute approximate surface area is 137 Å². The molecule has 0 saturated carbocycles. The molecule has 24 heavy (non-hydrogen) atoms. The number of anilines is 2. The van der Waals surface area contributed by atoms with E-state index in [1.807, 2.05) is 30.3 Å². The fourth-order valence-corrected chi connectivity index (χ4v) is 2.13. The van der Waals surface area contributed by atoms with E-state index >= 15 is 0 Å². The van der Waals surface area contributed by atoms with E-state index < -0.39 is 4.92 Å². The van der Waals surface area contributed by atoms with Crippen LogP contribution < -0.4 is 9.64 Å². The molecule has 8 nitrogen and oxygen atoms in total. The van der Waals surface area contributed by atoms with Gasteiger partial charge >= 0.3 is 11.6 Å². The molecule has 2 heterocycles. The van der Waals surface area contributed by atoms with Crippen molar-refractivity contribution in [2.24, 2.45) is 0 Å². The minimum atomic E-state index is -0.555. The first-order valence-electron chi connectivity index (χ1n) is 7.03. The molecule has 0 radical (unpaired) electrons. The minimum absolute atomic E-state index is 0.138. The van der Waals surface area contributed by atoms with Crippen molar-refractivity contribution < 1.29 is 9.66 Å². The third-order valence-corrected chi connectivity index (χ3v) is 3.26. The Balaban J connectivity index is 2.04. The standard InChI is InChI=1S/C16H13N5O3/c1-20(12-6-3-2-4-7-12)15-14(21(22)23)16(19-11-18-15)24-13-8-5-9-17-10-13/h2-11H,1H3. The Kier molecular flexibility index (Phi) is 4.28. The Bertz CT molecular complexity index is 843. The lowest BCUT2D eigenvalue weighted by atomic mass is 10.3. The zero-order chi connectivity index (χ0) is 16.9. The van der Waals surface area contributed by atoms with E-state index in [9.17, 15) is 10.1 Å². The summed E-state index contributed by atoms with van der Waals surface area (Å²) < 4.78 is 5.52. The summed E-state index contributed by atoms with van der Waals surface area (Å²) in [4.78, 5) is 24.5. The first kappa shape index (κ1) is 15.3. The molecule has 0 bridgehead atoms. The Morgan fingerprint density at radius 2 is 1.92 bits per heavy atom. The van der Waals surface area contributed by atoms with Crippen molar-refractivity contribution in [3.63, 3.8) is 0 Å². The van der Waals surface area contributed by atoms with Crippen molar-refractivity contribution in [3.8, 4) is 11.6 Å². The molecule has 1 aromatic carbocycles. The molecule has 3 rings (SSSR count). The second kappa shape index (κ2) is 6.69. The Morgan fingerprint density at radius 1 is 1.12 bits per heavy atom. The number of nitrogens with zero attached hydrogens (tertiary/aromatic N) is 5. The van der Waals surface area contributed by atoms with Crippen molar-refractivity contribution in [3.05, 3.63) is 71.3 Å². The van der Waals surface area contributed by atoms with Gasteiger partial charge in [0.2, 0.25) is 5.82 Å². The molecule has 0 spiro atoms. The van der Waals surface area contributed by atoms with Crippen LogP contribution in [0.3, 0.4) is 0 Å². The van der Waals surface area contributed by atoms with Gasteiger partial charge in [0, 0.05) is 18.9 Å². The lowest BCUT2D eigenvalue weighted by Gasteiger charge is -2.18. The maximum Gasteiger partial charge on any atom is 0.373 e. The number of para-hydroxylation sites is 1. The van der Waals surface area contributed by atoms with Crippen LogP contribution >= 0.6 is 0 Å². The van der Waals surface area contributed by atoms with Gasteiger partial charge in [0.1, 0.15) is 12.1 Å². The van der Waals surface area contributed by atoms with Crippen LogP contribution in [0.5, 0.6) is 11.6 Å². The summed E-state index contributed by atoms with van der Waals surface area (Å²) >= 11 is 0. The van der Waals surface area contributed by atoms with Gasteiger partial charge in [0.25, 0.3) is 0 Å². The summed E-state index contributed by atoms with van der Waals surface area (Å²) in [5.41, 5.74) is 0.444. The third-order valence-electron chi connectivity index (χ3n) is 3.26. The number of hydrogen-bond acceptors (Lipinski definition) is 7. The number of aromatic nitrogens is 3. The van der Waals surface area contributed by atoms with Gasteiger partial charge in [-0.15, -0.1) is 0 Å². The fourth-order valence-electron chi connectivity index (χ4n) is 2.13. The quantitative estimate of drug-likeness (QED) is 0.525. The van der Waals surface area contributed by atoms with Crippen LogP contribution in [-0.2, 0) is 0 Å². The minimum Gasteiger partial charge on any atom is -0.432 e. The number of nitro groups is 1. The monoisotopic (exact) mass is 323 g/mol. The van der Waals surface area contributed by atoms with Crippen molar-refractivity contribution >= 4 is 17.2 Å². The maximum absolute atomic E-state index is 11.6. The number of benzene rings is 1.